The maximum absolute atomic E-state index is 8.91. The number of hydrogen-bond donors (Lipinski definition) is 1. The minimum Gasteiger partial charge on any atom is -0.389 e. The van der Waals surface area contributed by atoms with E-state index in [2.05, 4.69) is 0 Å². The molecule has 0 radical (unpaired) electrons. The quantitative estimate of drug-likeness (QED) is 0.447. The zero-order chi connectivity index (χ0) is 5.28. The lowest BCUT2D eigenvalue weighted by Gasteiger charge is -2.03. The van der Waals surface area contributed by atoms with Gasteiger partial charge in [-0.15, -0.1) is 0 Å². The van der Waals surface area contributed by atoms with Crippen molar-refractivity contribution in [1.29, 1.82) is 0 Å². The van der Waals surface area contributed by atoms with Crippen molar-refractivity contribution in [3.63, 3.8) is 0 Å². The zero-order valence-electron chi connectivity index (χ0n) is 4.46. The highest BCUT2D eigenvalue weighted by Crippen LogP contribution is 2.16. The van der Waals surface area contributed by atoms with Gasteiger partial charge in [0.1, 0.15) is 0 Å². The molecule has 0 saturated heterocycles. The summed E-state index contributed by atoms with van der Waals surface area (Å²) in [7, 11) is 0. The Morgan fingerprint density at radius 1 is 1.71 bits per heavy atom. The maximum Gasteiger partial charge on any atom is 0.0749 e. The van der Waals surface area contributed by atoms with Crippen molar-refractivity contribution in [2.75, 3.05) is 0 Å². The molecule has 1 aliphatic rings. The van der Waals surface area contributed by atoms with Gasteiger partial charge < -0.3 is 5.11 Å². The minimum atomic E-state index is -0.167. The highest BCUT2D eigenvalue weighted by molar-refractivity contribution is 4.99. The fraction of sp³-hybridized carbons (Fsp3) is 0.667. The summed E-state index contributed by atoms with van der Waals surface area (Å²) in [6, 6.07) is 0. The van der Waals surface area contributed by atoms with E-state index in [9.17, 15) is 0 Å². The summed E-state index contributed by atoms with van der Waals surface area (Å²) in [5.41, 5.74) is 0. The molecule has 0 heterocycles. The van der Waals surface area contributed by atoms with Crippen LogP contribution in [0.3, 0.4) is 0 Å². The Morgan fingerprint density at radius 2 is 2.43 bits per heavy atom. The van der Waals surface area contributed by atoms with Crippen LogP contribution < -0.4 is 0 Å². The Hall–Kier alpha value is -0.300. The summed E-state index contributed by atoms with van der Waals surface area (Å²) in [6.07, 6.45) is 4.75. The van der Waals surface area contributed by atoms with Crippen LogP contribution in [0.4, 0.5) is 0 Å². The third-order valence-corrected chi connectivity index (χ3v) is 1.42. The van der Waals surface area contributed by atoms with Gasteiger partial charge in [0.25, 0.3) is 0 Å². The molecular formula is C6H10O. The first kappa shape index (κ1) is 4.85. The predicted molar refractivity (Wildman–Crippen MR) is 28.9 cm³/mol. The Labute approximate surface area is 43.7 Å². The van der Waals surface area contributed by atoms with Crippen LogP contribution in [0.1, 0.15) is 13.3 Å². The van der Waals surface area contributed by atoms with Crippen LogP contribution in [0.5, 0.6) is 0 Å². The fourth-order valence-corrected chi connectivity index (χ4v) is 0.762. The second-order valence-electron chi connectivity index (χ2n) is 2.13. The lowest BCUT2D eigenvalue weighted by molar-refractivity contribution is 0.175. The number of hydrogen-bond acceptors (Lipinski definition) is 1. The molecule has 0 fully saturated rings. The van der Waals surface area contributed by atoms with Gasteiger partial charge >= 0.3 is 0 Å². The van der Waals surface area contributed by atoms with Crippen molar-refractivity contribution < 1.29 is 5.11 Å². The maximum atomic E-state index is 8.91. The average molecular weight is 98.1 g/mol. The summed E-state index contributed by atoms with van der Waals surface area (Å²) in [5.74, 6) is 0.458. The van der Waals surface area contributed by atoms with Crippen LogP contribution >= 0.6 is 0 Å². The molecule has 7 heavy (non-hydrogen) atoms. The van der Waals surface area contributed by atoms with Gasteiger partial charge in [0, 0.05) is 0 Å². The summed E-state index contributed by atoms with van der Waals surface area (Å²) in [5, 5.41) is 8.91. The highest BCUT2D eigenvalue weighted by atomic mass is 16.3. The monoisotopic (exact) mass is 98.1 g/mol. The van der Waals surface area contributed by atoms with E-state index >= 15 is 0 Å². The highest BCUT2D eigenvalue weighted by Gasteiger charge is 2.13. The normalized spacial score (nSPS) is 39.7. The van der Waals surface area contributed by atoms with Crippen molar-refractivity contribution in [2.24, 2.45) is 5.92 Å². The molecule has 0 amide bonds. The third-order valence-electron chi connectivity index (χ3n) is 1.42. The predicted octanol–water partition coefficient (Wildman–Crippen LogP) is 0.943. The van der Waals surface area contributed by atoms with E-state index in [-0.39, 0.29) is 6.10 Å². The van der Waals surface area contributed by atoms with Crippen LogP contribution in [0.15, 0.2) is 12.2 Å². The molecule has 1 N–H and O–H groups in total. The molecule has 40 valence electrons. The third kappa shape index (κ3) is 0.829. The van der Waals surface area contributed by atoms with E-state index in [1.807, 2.05) is 19.1 Å². The van der Waals surface area contributed by atoms with Gasteiger partial charge in [-0.1, -0.05) is 19.1 Å². The van der Waals surface area contributed by atoms with E-state index in [1.54, 1.807) is 0 Å². The van der Waals surface area contributed by atoms with Crippen LogP contribution in [0.25, 0.3) is 0 Å². The van der Waals surface area contributed by atoms with Gasteiger partial charge in [0.15, 0.2) is 0 Å². The van der Waals surface area contributed by atoms with Crippen LogP contribution in [-0.2, 0) is 0 Å². The standard InChI is InChI=1S/C6H10O/c1-5-3-2-4-6(5)7/h2,4-7H,3H2,1H3. The van der Waals surface area contributed by atoms with Gasteiger partial charge in [-0.05, 0) is 12.3 Å². The second-order valence-corrected chi connectivity index (χ2v) is 2.13. The topological polar surface area (TPSA) is 20.2 Å². The average Bonchev–Trinajstić information content (AvgIpc) is 1.91. The SMILES string of the molecule is CC1CC=CC1O. The number of aliphatic hydroxyl groups is 1. The summed E-state index contributed by atoms with van der Waals surface area (Å²) >= 11 is 0. The molecule has 0 bridgehead atoms. The lowest BCUT2D eigenvalue weighted by Crippen LogP contribution is -2.07. The summed E-state index contributed by atoms with van der Waals surface area (Å²) in [4.78, 5) is 0. The number of allylic oxidation sites excluding steroid dienone is 1. The smallest absolute Gasteiger partial charge is 0.0749 e. The van der Waals surface area contributed by atoms with Crippen molar-refractivity contribution in [1.82, 2.24) is 0 Å². The van der Waals surface area contributed by atoms with Crippen molar-refractivity contribution >= 4 is 0 Å². The molecule has 2 unspecified atom stereocenters. The van der Waals surface area contributed by atoms with Crippen molar-refractivity contribution in [3.8, 4) is 0 Å². The molecule has 0 spiro atoms. The molecule has 2 atom stereocenters. The first-order valence-corrected chi connectivity index (χ1v) is 2.65. The van der Waals surface area contributed by atoms with E-state index in [0.717, 1.165) is 6.42 Å². The molecule has 0 aliphatic heterocycles. The van der Waals surface area contributed by atoms with E-state index < -0.39 is 0 Å². The zero-order valence-corrected chi connectivity index (χ0v) is 4.46. The molecule has 0 saturated carbocycles. The molecular weight excluding hydrogens is 88.1 g/mol. The first-order valence-electron chi connectivity index (χ1n) is 2.65. The minimum absolute atomic E-state index is 0.167. The Balaban J connectivity index is 2.45. The van der Waals surface area contributed by atoms with Crippen molar-refractivity contribution in [3.05, 3.63) is 12.2 Å². The fourth-order valence-electron chi connectivity index (χ4n) is 0.762. The van der Waals surface area contributed by atoms with Gasteiger partial charge in [0.05, 0.1) is 6.10 Å². The molecule has 1 nitrogen and oxygen atoms in total. The first-order chi connectivity index (χ1) is 3.30. The molecule has 0 aromatic rings. The number of aliphatic hydroxyl groups excluding tert-OH is 1. The Kier molecular flexibility index (Phi) is 1.15. The summed E-state index contributed by atoms with van der Waals surface area (Å²) < 4.78 is 0. The molecule has 1 aliphatic carbocycles. The van der Waals surface area contributed by atoms with Gasteiger partial charge in [0.2, 0.25) is 0 Å². The second kappa shape index (κ2) is 1.66. The van der Waals surface area contributed by atoms with E-state index in [4.69, 9.17) is 5.11 Å². The molecule has 1 rings (SSSR count). The molecule has 1 heteroatoms. The van der Waals surface area contributed by atoms with Crippen LogP contribution in [-0.4, -0.2) is 11.2 Å². The lowest BCUT2D eigenvalue weighted by atomic mass is 10.1. The van der Waals surface area contributed by atoms with E-state index in [0.29, 0.717) is 5.92 Å². The van der Waals surface area contributed by atoms with Gasteiger partial charge in [-0.2, -0.15) is 0 Å². The molecule has 0 aromatic carbocycles. The molecule has 0 aromatic heterocycles. The van der Waals surface area contributed by atoms with E-state index in [1.165, 1.54) is 0 Å². The Bertz CT molecular complexity index is 86.2. The van der Waals surface area contributed by atoms with Crippen LogP contribution in [0.2, 0.25) is 0 Å². The Morgan fingerprint density at radius 3 is 2.57 bits per heavy atom. The van der Waals surface area contributed by atoms with Gasteiger partial charge in [-0.3, -0.25) is 0 Å². The largest absolute Gasteiger partial charge is 0.389 e. The van der Waals surface area contributed by atoms with Crippen LogP contribution in [0, 0.1) is 5.92 Å². The summed E-state index contributed by atoms with van der Waals surface area (Å²) in [6.45, 7) is 2.05. The number of rotatable bonds is 0. The van der Waals surface area contributed by atoms with Crippen molar-refractivity contribution in [2.45, 2.75) is 19.4 Å². The van der Waals surface area contributed by atoms with Gasteiger partial charge in [-0.25, -0.2) is 0 Å².